The summed E-state index contributed by atoms with van der Waals surface area (Å²) in [7, 11) is 0. The maximum absolute atomic E-state index is 14.0. The zero-order valence-corrected chi connectivity index (χ0v) is 17.0. The first-order valence-corrected chi connectivity index (χ1v) is 10.6. The number of hydrogen-bond acceptors (Lipinski definition) is 5. The Bertz CT molecular complexity index is 1200. The van der Waals surface area contributed by atoms with E-state index in [0.717, 1.165) is 16.1 Å². The van der Waals surface area contributed by atoms with Gasteiger partial charge in [0.05, 0.1) is 4.88 Å². The minimum absolute atomic E-state index is 0.0390. The Balaban J connectivity index is 1.29. The molecule has 0 aliphatic carbocycles. The Morgan fingerprint density at radius 3 is 2.53 bits per heavy atom. The third-order valence-corrected chi connectivity index (χ3v) is 6.37. The quantitative estimate of drug-likeness (QED) is 0.493. The lowest BCUT2D eigenvalue weighted by atomic mass is 10.2. The molecule has 0 unspecified atom stereocenters. The molecule has 1 saturated heterocycles. The number of benzene rings is 2. The van der Waals surface area contributed by atoms with Crippen molar-refractivity contribution in [3.8, 4) is 11.4 Å². The molecule has 0 N–H and O–H groups in total. The van der Waals surface area contributed by atoms with Crippen LogP contribution in [0.3, 0.4) is 0 Å². The van der Waals surface area contributed by atoms with E-state index in [-0.39, 0.29) is 11.7 Å². The summed E-state index contributed by atoms with van der Waals surface area (Å²) in [5.41, 5.74) is 0.977. The van der Waals surface area contributed by atoms with Crippen LogP contribution in [0.5, 0.6) is 0 Å². The molecule has 5 rings (SSSR count). The van der Waals surface area contributed by atoms with E-state index in [1.165, 1.54) is 17.4 Å². The first-order valence-electron chi connectivity index (χ1n) is 9.80. The van der Waals surface area contributed by atoms with Crippen LogP contribution >= 0.6 is 11.3 Å². The van der Waals surface area contributed by atoms with Crippen molar-refractivity contribution in [2.75, 3.05) is 31.1 Å². The molecule has 5 nitrogen and oxygen atoms in total. The van der Waals surface area contributed by atoms with Crippen LogP contribution in [0.4, 0.5) is 10.2 Å². The minimum atomic E-state index is -0.286. The van der Waals surface area contributed by atoms with Gasteiger partial charge < -0.3 is 9.80 Å². The smallest absolute Gasteiger partial charge is 0.264 e. The molecule has 0 saturated carbocycles. The number of anilines is 1. The summed E-state index contributed by atoms with van der Waals surface area (Å²) in [5.74, 6) is 1.23. The zero-order chi connectivity index (χ0) is 20.5. The molecular formula is C23H19FN4OS. The predicted molar refractivity (Wildman–Crippen MR) is 117 cm³/mol. The zero-order valence-electron chi connectivity index (χ0n) is 16.2. The maximum Gasteiger partial charge on any atom is 0.264 e. The Morgan fingerprint density at radius 2 is 1.77 bits per heavy atom. The summed E-state index contributed by atoms with van der Waals surface area (Å²) in [6.45, 7) is 2.58. The topological polar surface area (TPSA) is 49.3 Å². The standard InChI is InChI=1S/C23H19FN4OS/c24-18-7-4-8-19-17(18)15-20(30-19)23(29)28-13-11-27(12-14-28)21-9-10-25-22(26-21)16-5-2-1-3-6-16/h1-10,15H,11-14H2. The van der Waals surface area contributed by atoms with Gasteiger partial charge in [0.2, 0.25) is 0 Å². The number of rotatable bonds is 3. The number of fused-ring (bicyclic) bond motifs is 1. The summed E-state index contributed by atoms with van der Waals surface area (Å²) < 4.78 is 14.8. The Hall–Kier alpha value is -3.32. The van der Waals surface area contributed by atoms with Gasteiger partial charge in [-0.3, -0.25) is 4.79 Å². The van der Waals surface area contributed by atoms with E-state index in [2.05, 4.69) is 9.88 Å². The summed E-state index contributed by atoms with van der Waals surface area (Å²) in [6, 6.07) is 18.4. The fourth-order valence-corrected chi connectivity index (χ4v) is 4.72. The van der Waals surface area contributed by atoms with Gasteiger partial charge in [-0.05, 0) is 24.3 Å². The molecular weight excluding hydrogens is 399 g/mol. The summed E-state index contributed by atoms with van der Waals surface area (Å²) in [6.07, 6.45) is 1.77. The van der Waals surface area contributed by atoms with Crippen molar-refractivity contribution in [1.29, 1.82) is 0 Å². The molecule has 0 bridgehead atoms. The van der Waals surface area contributed by atoms with Gasteiger partial charge in [-0.2, -0.15) is 0 Å². The lowest BCUT2D eigenvalue weighted by molar-refractivity contribution is 0.0751. The molecule has 7 heteroatoms. The molecule has 0 atom stereocenters. The Labute approximate surface area is 177 Å². The van der Waals surface area contributed by atoms with Crippen molar-refractivity contribution in [2.45, 2.75) is 0 Å². The van der Waals surface area contributed by atoms with Crippen molar-refractivity contribution in [3.05, 3.63) is 77.6 Å². The molecule has 3 heterocycles. The van der Waals surface area contributed by atoms with Crippen molar-refractivity contribution >= 4 is 33.1 Å². The lowest BCUT2D eigenvalue weighted by Crippen LogP contribution is -2.48. The normalized spacial score (nSPS) is 14.3. The van der Waals surface area contributed by atoms with Gasteiger partial charge in [0.1, 0.15) is 11.6 Å². The maximum atomic E-state index is 14.0. The second-order valence-electron chi connectivity index (χ2n) is 7.15. The molecule has 1 aliphatic rings. The fraction of sp³-hybridized carbons (Fsp3) is 0.174. The van der Waals surface area contributed by atoms with E-state index in [0.29, 0.717) is 42.3 Å². The molecule has 1 amide bonds. The number of halogens is 1. The van der Waals surface area contributed by atoms with Gasteiger partial charge in [0.15, 0.2) is 5.82 Å². The molecule has 0 radical (unpaired) electrons. The van der Waals surface area contributed by atoms with Crippen molar-refractivity contribution in [3.63, 3.8) is 0 Å². The van der Waals surface area contributed by atoms with Gasteiger partial charge in [0, 0.05) is 48.0 Å². The molecule has 30 heavy (non-hydrogen) atoms. The third kappa shape index (κ3) is 3.52. The summed E-state index contributed by atoms with van der Waals surface area (Å²) in [5, 5.41) is 0.513. The first-order chi connectivity index (χ1) is 14.7. The first kappa shape index (κ1) is 18.7. The highest BCUT2D eigenvalue weighted by atomic mass is 32.1. The van der Waals surface area contributed by atoms with Crippen LogP contribution < -0.4 is 4.90 Å². The predicted octanol–water partition coefficient (Wildman–Crippen LogP) is 4.46. The second kappa shape index (κ2) is 7.84. The van der Waals surface area contributed by atoms with Crippen LogP contribution in [0.2, 0.25) is 0 Å². The number of thiophene rings is 1. The minimum Gasteiger partial charge on any atom is -0.353 e. The van der Waals surface area contributed by atoms with Crippen LogP contribution in [0, 0.1) is 5.82 Å². The molecule has 4 aromatic rings. The van der Waals surface area contributed by atoms with E-state index in [9.17, 15) is 9.18 Å². The van der Waals surface area contributed by atoms with Crippen molar-refractivity contribution in [2.24, 2.45) is 0 Å². The van der Waals surface area contributed by atoms with Crippen LogP contribution in [0.15, 0.2) is 66.9 Å². The van der Waals surface area contributed by atoms with Gasteiger partial charge >= 0.3 is 0 Å². The number of hydrogen-bond donors (Lipinski definition) is 0. The van der Waals surface area contributed by atoms with Crippen LogP contribution in [0.1, 0.15) is 9.67 Å². The molecule has 2 aromatic heterocycles. The van der Waals surface area contributed by atoms with Gasteiger partial charge in [-0.15, -0.1) is 11.3 Å². The van der Waals surface area contributed by atoms with E-state index in [1.807, 2.05) is 47.4 Å². The van der Waals surface area contributed by atoms with Crippen molar-refractivity contribution < 1.29 is 9.18 Å². The lowest BCUT2D eigenvalue weighted by Gasteiger charge is -2.35. The Morgan fingerprint density at radius 1 is 0.967 bits per heavy atom. The molecule has 150 valence electrons. The number of nitrogens with zero attached hydrogens (tertiary/aromatic N) is 4. The monoisotopic (exact) mass is 418 g/mol. The number of carbonyl (C=O) groups is 1. The highest BCUT2D eigenvalue weighted by Gasteiger charge is 2.24. The largest absolute Gasteiger partial charge is 0.353 e. The average Bonchev–Trinajstić information content (AvgIpc) is 3.25. The average molecular weight is 418 g/mol. The molecule has 1 fully saturated rings. The van der Waals surface area contributed by atoms with Gasteiger partial charge in [-0.25, -0.2) is 14.4 Å². The fourth-order valence-electron chi connectivity index (χ4n) is 3.68. The summed E-state index contributed by atoms with van der Waals surface area (Å²) in [4.78, 5) is 26.6. The van der Waals surface area contributed by atoms with E-state index >= 15 is 0 Å². The van der Waals surface area contributed by atoms with E-state index < -0.39 is 0 Å². The van der Waals surface area contributed by atoms with Crippen molar-refractivity contribution in [1.82, 2.24) is 14.9 Å². The third-order valence-electron chi connectivity index (χ3n) is 5.28. The van der Waals surface area contributed by atoms with Crippen LogP contribution in [-0.2, 0) is 0 Å². The molecule has 2 aromatic carbocycles. The van der Waals surface area contributed by atoms with Crippen LogP contribution in [0.25, 0.3) is 21.5 Å². The molecule has 1 aliphatic heterocycles. The number of carbonyl (C=O) groups excluding carboxylic acids is 1. The highest BCUT2D eigenvalue weighted by molar-refractivity contribution is 7.20. The number of amides is 1. The Kier molecular flexibility index (Phi) is 4.88. The summed E-state index contributed by atoms with van der Waals surface area (Å²) >= 11 is 1.34. The highest BCUT2D eigenvalue weighted by Crippen LogP contribution is 2.29. The second-order valence-corrected chi connectivity index (χ2v) is 8.23. The van der Waals surface area contributed by atoms with E-state index in [1.54, 1.807) is 18.3 Å². The SMILES string of the molecule is O=C(c1cc2c(F)cccc2s1)N1CCN(c2ccnc(-c3ccccc3)n2)CC1. The van der Waals surface area contributed by atoms with E-state index in [4.69, 9.17) is 4.98 Å². The molecule has 0 spiro atoms. The van der Waals surface area contributed by atoms with Gasteiger partial charge in [-0.1, -0.05) is 36.4 Å². The number of piperazine rings is 1. The van der Waals surface area contributed by atoms with Crippen LogP contribution in [-0.4, -0.2) is 47.0 Å². The van der Waals surface area contributed by atoms with Gasteiger partial charge in [0.25, 0.3) is 5.91 Å². The number of aromatic nitrogens is 2.